The molecule has 4 rings (SSSR count). The van der Waals surface area contributed by atoms with Gasteiger partial charge in [-0.05, 0) is 63.0 Å². The normalized spacial score (nSPS) is 22.9. The lowest BCUT2D eigenvalue weighted by molar-refractivity contribution is 0.00292. The summed E-state index contributed by atoms with van der Waals surface area (Å²) in [5, 5.41) is 0. The van der Waals surface area contributed by atoms with Crippen molar-refractivity contribution < 1.29 is 13.5 Å². The third-order valence-electron chi connectivity index (χ3n) is 6.30. The highest BCUT2D eigenvalue weighted by atomic mass is 19.3. The Hall–Kier alpha value is -2.05. The van der Waals surface area contributed by atoms with Crippen LogP contribution in [0.5, 0.6) is 5.75 Å². The molecule has 4 nitrogen and oxygen atoms in total. The van der Waals surface area contributed by atoms with E-state index in [-0.39, 0.29) is 25.0 Å². The minimum Gasteiger partial charge on any atom is -0.490 e. The number of pyridine rings is 1. The lowest BCUT2D eigenvalue weighted by Crippen LogP contribution is -2.48. The summed E-state index contributed by atoms with van der Waals surface area (Å²) in [7, 11) is 0. The maximum absolute atomic E-state index is 14.2. The second-order valence-corrected chi connectivity index (χ2v) is 8.55. The van der Waals surface area contributed by atoms with Crippen molar-refractivity contribution in [1.29, 1.82) is 0 Å². The molecule has 6 heteroatoms. The van der Waals surface area contributed by atoms with Gasteiger partial charge in [0.2, 0.25) is 0 Å². The average Bonchev–Trinajstić information content (AvgIpc) is 3.09. The molecule has 0 radical (unpaired) electrons. The molecule has 1 aromatic carbocycles. The van der Waals surface area contributed by atoms with E-state index in [1.165, 1.54) is 5.56 Å². The van der Waals surface area contributed by atoms with Crippen LogP contribution in [0.4, 0.5) is 8.78 Å². The van der Waals surface area contributed by atoms with Gasteiger partial charge in [-0.2, -0.15) is 0 Å². The van der Waals surface area contributed by atoms with Crippen LogP contribution in [0.25, 0.3) is 0 Å². The molecule has 0 spiro atoms. The number of benzene rings is 1. The third-order valence-corrected chi connectivity index (χ3v) is 6.30. The topological polar surface area (TPSA) is 28.6 Å². The number of ether oxygens (including phenoxy) is 1. The number of hydrogen-bond acceptors (Lipinski definition) is 4. The van der Waals surface area contributed by atoms with Crippen molar-refractivity contribution in [2.45, 2.75) is 50.1 Å². The van der Waals surface area contributed by atoms with Crippen LogP contribution in [0.3, 0.4) is 0 Å². The second-order valence-electron chi connectivity index (χ2n) is 8.55. The Balaban J connectivity index is 1.24. The molecule has 162 valence electrons. The molecule has 3 heterocycles. The zero-order valence-corrected chi connectivity index (χ0v) is 17.4. The monoisotopic (exact) mass is 415 g/mol. The minimum atomic E-state index is -2.63. The summed E-state index contributed by atoms with van der Waals surface area (Å²) in [6.45, 7) is 3.19. The maximum Gasteiger partial charge on any atom is 0.262 e. The molecular weight excluding hydrogens is 384 g/mol. The van der Waals surface area contributed by atoms with Gasteiger partial charge in [-0.15, -0.1) is 0 Å². The molecule has 0 bridgehead atoms. The van der Waals surface area contributed by atoms with Gasteiger partial charge in [-0.3, -0.25) is 9.88 Å². The zero-order chi connectivity index (χ0) is 20.8. The summed E-state index contributed by atoms with van der Waals surface area (Å²) in [6, 6.07) is 14.2. The van der Waals surface area contributed by atoms with E-state index in [0.29, 0.717) is 12.4 Å². The molecule has 1 atom stereocenters. The number of aryl methyl sites for hydroxylation is 1. The van der Waals surface area contributed by atoms with Gasteiger partial charge >= 0.3 is 0 Å². The van der Waals surface area contributed by atoms with E-state index >= 15 is 0 Å². The first kappa shape index (κ1) is 21.2. The van der Waals surface area contributed by atoms with Crippen molar-refractivity contribution in [3.8, 4) is 5.75 Å². The number of nitrogens with zero attached hydrogens (tertiary/aromatic N) is 3. The highest BCUT2D eigenvalue weighted by molar-refractivity contribution is 5.16. The standard InChI is InChI=1S/C24H31F2N3O/c25-24(26)16-22(18-30-23-9-4-12-27-17-23)29(19-24)21-10-14-28(15-11-21)13-5-8-20-6-2-1-3-7-20/h1-4,6-7,9,12,17,21-22H,5,8,10-11,13-16,18-19H2/t22-/m0/s1. The minimum absolute atomic E-state index is 0.120. The molecule has 0 N–H and O–H groups in total. The second kappa shape index (κ2) is 9.84. The Kier molecular flexibility index (Phi) is 6.95. The molecule has 2 aromatic rings. The van der Waals surface area contributed by atoms with Crippen LogP contribution < -0.4 is 4.74 Å². The molecule has 0 amide bonds. The van der Waals surface area contributed by atoms with Crippen molar-refractivity contribution in [2.75, 3.05) is 32.8 Å². The molecule has 2 aliphatic rings. The SMILES string of the molecule is FC1(F)C[C@@H](COc2cccnc2)N(C2CCN(CCCc3ccccc3)CC2)C1. The van der Waals surface area contributed by atoms with E-state index in [2.05, 4.69) is 34.1 Å². The summed E-state index contributed by atoms with van der Waals surface area (Å²) in [5.74, 6) is -1.99. The van der Waals surface area contributed by atoms with Gasteiger partial charge in [-0.25, -0.2) is 8.78 Å². The van der Waals surface area contributed by atoms with E-state index < -0.39 is 5.92 Å². The first-order valence-corrected chi connectivity index (χ1v) is 11.0. The Bertz CT molecular complexity index is 767. The molecule has 0 saturated carbocycles. The van der Waals surface area contributed by atoms with Crippen molar-refractivity contribution in [3.63, 3.8) is 0 Å². The fourth-order valence-corrected chi connectivity index (χ4v) is 4.76. The lowest BCUT2D eigenvalue weighted by atomic mass is 10.0. The molecule has 0 unspecified atom stereocenters. The summed E-state index contributed by atoms with van der Waals surface area (Å²) in [4.78, 5) is 8.52. The van der Waals surface area contributed by atoms with Gasteiger partial charge in [-0.1, -0.05) is 30.3 Å². The molecule has 30 heavy (non-hydrogen) atoms. The molecular formula is C24H31F2N3O. The molecule has 2 saturated heterocycles. The highest BCUT2D eigenvalue weighted by Crippen LogP contribution is 2.36. The molecule has 2 aliphatic heterocycles. The summed E-state index contributed by atoms with van der Waals surface area (Å²) >= 11 is 0. The fourth-order valence-electron chi connectivity index (χ4n) is 4.76. The summed E-state index contributed by atoms with van der Waals surface area (Å²) < 4.78 is 34.2. The van der Waals surface area contributed by atoms with Crippen LogP contribution in [0.1, 0.15) is 31.2 Å². The quantitative estimate of drug-likeness (QED) is 0.644. The van der Waals surface area contributed by atoms with Crippen LogP contribution in [-0.2, 0) is 6.42 Å². The van der Waals surface area contributed by atoms with Crippen LogP contribution in [-0.4, -0.2) is 65.6 Å². The number of halogens is 2. The maximum atomic E-state index is 14.2. The van der Waals surface area contributed by atoms with Crippen LogP contribution in [0.2, 0.25) is 0 Å². The van der Waals surface area contributed by atoms with E-state index in [4.69, 9.17) is 4.74 Å². The van der Waals surface area contributed by atoms with Crippen molar-refractivity contribution >= 4 is 0 Å². The lowest BCUT2D eigenvalue weighted by Gasteiger charge is -2.39. The Morgan fingerprint density at radius 1 is 1.07 bits per heavy atom. The Morgan fingerprint density at radius 3 is 2.60 bits per heavy atom. The van der Waals surface area contributed by atoms with Gasteiger partial charge in [0.1, 0.15) is 12.4 Å². The van der Waals surface area contributed by atoms with E-state index in [1.807, 2.05) is 17.0 Å². The molecule has 1 aromatic heterocycles. The number of piperidine rings is 1. The Labute approximate surface area is 177 Å². The number of rotatable bonds is 8. The van der Waals surface area contributed by atoms with E-state index in [1.54, 1.807) is 18.5 Å². The van der Waals surface area contributed by atoms with Crippen molar-refractivity contribution in [2.24, 2.45) is 0 Å². The van der Waals surface area contributed by atoms with Gasteiger partial charge < -0.3 is 9.64 Å². The zero-order valence-electron chi connectivity index (χ0n) is 17.4. The van der Waals surface area contributed by atoms with E-state index in [9.17, 15) is 8.78 Å². The number of alkyl halides is 2. The number of hydrogen-bond donors (Lipinski definition) is 0. The fraction of sp³-hybridized carbons (Fsp3) is 0.542. The van der Waals surface area contributed by atoms with Crippen LogP contribution in [0.15, 0.2) is 54.9 Å². The largest absolute Gasteiger partial charge is 0.490 e. The predicted molar refractivity (Wildman–Crippen MR) is 114 cm³/mol. The number of aromatic nitrogens is 1. The summed E-state index contributed by atoms with van der Waals surface area (Å²) in [6.07, 6.45) is 7.31. The van der Waals surface area contributed by atoms with Gasteiger partial charge in [0.05, 0.1) is 18.8 Å². The molecule has 0 aliphatic carbocycles. The average molecular weight is 416 g/mol. The smallest absolute Gasteiger partial charge is 0.262 e. The first-order chi connectivity index (χ1) is 14.6. The predicted octanol–water partition coefficient (Wildman–Crippen LogP) is 4.27. The van der Waals surface area contributed by atoms with Crippen LogP contribution in [0, 0.1) is 0 Å². The number of likely N-dealkylation sites (tertiary alicyclic amines) is 2. The summed E-state index contributed by atoms with van der Waals surface area (Å²) in [5.41, 5.74) is 1.38. The first-order valence-electron chi connectivity index (χ1n) is 11.0. The highest BCUT2D eigenvalue weighted by Gasteiger charge is 2.47. The van der Waals surface area contributed by atoms with Gasteiger partial charge in [0.25, 0.3) is 5.92 Å². The molecule has 2 fully saturated rings. The van der Waals surface area contributed by atoms with Gasteiger partial charge in [0.15, 0.2) is 0 Å². The van der Waals surface area contributed by atoms with Crippen molar-refractivity contribution in [1.82, 2.24) is 14.8 Å². The van der Waals surface area contributed by atoms with Crippen LogP contribution >= 0.6 is 0 Å². The van der Waals surface area contributed by atoms with E-state index in [0.717, 1.165) is 45.3 Å². The van der Waals surface area contributed by atoms with Gasteiger partial charge in [0, 0.05) is 18.7 Å². The third kappa shape index (κ3) is 5.76. The van der Waals surface area contributed by atoms with Crippen molar-refractivity contribution in [3.05, 3.63) is 60.4 Å². The Morgan fingerprint density at radius 2 is 1.87 bits per heavy atom.